The van der Waals surface area contributed by atoms with Crippen LogP contribution in [0.2, 0.25) is 0 Å². The van der Waals surface area contributed by atoms with Crippen molar-refractivity contribution >= 4 is 22.5 Å². The molecule has 4 aromatic rings. The molecule has 2 aromatic carbocycles. The molecular formula is C22H20N4O4. The van der Waals surface area contributed by atoms with Crippen molar-refractivity contribution in [3.05, 3.63) is 60.6 Å². The number of nitrogens with zero attached hydrogens (tertiary/aromatic N) is 3. The second kappa shape index (κ2) is 8.60. The Kier molecular flexibility index (Phi) is 5.56. The van der Waals surface area contributed by atoms with Crippen LogP contribution in [-0.4, -0.2) is 35.3 Å². The fraction of sp³-hybridized carbons (Fsp3) is 0.182. The van der Waals surface area contributed by atoms with Gasteiger partial charge in [-0.3, -0.25) is 9.78 Å². The first-order chi connectivity index (χ1) is 14.7. The minimum absolute atomic E-state index is 0.141. The number of amides is 1. The Morgan fingerprint density at radius 3 is 2.77 bits per heavy atom. The van der Waals surface area contributed by atoms with Gasteiger partial charge in [-0.2, -0.15) is 4.98 Å². The number of aromatic nitrogens is 3. The number of hydrogen-bond donors (Lipinski definition) is 1. The number of pyridine rings is 1. The van der Waals surface area contributed by atoms with Gasteiger partial charge in [0.2, 0.25) is 17.6 Å². The van der Waals surface area contributed by atoms with Gasteiger partial charge in [-0.1, -0.05) is 11.2 Å². The van der Waals surface area contributed by atoms with Crippen LogP contribution in [0.4, 0.5) is 5.69 Å². The summed E-state index contributed by atoms with van der Waals surface area (Å²) >= 11 is 0. The predicted octanol–water partition coefficient (Wildman–Crippen LogP) is 3.87. The molecule has 4 rings (SSSR count). The van der Waals surface area contributed by atoms with Crippen molar-refractivity contribution in [3.8, 4) is 22.9 Å². The summed E-state index contributed by atoms with van der Waals surface area (Å²) in [6.45, 7) is 0. The van der Waals surface area contributed by atoms with Crippen LogP contribution in [0.25, 0.3) is 22.3 Å². The number of ether oxygens (including phenoxy) is 2. The normalized spacial score (nSPS) is 10.7. The zero-order valence-corrected chi connectivity index (χ0v) is 16.6. The summed E-state index contributed by atoms with van der Waals surface area (Å²) in [5.74, 6) is 1.86. The molecule has 0 saturated heterocycles. The van der Waals surface area contributed by atoms with Crippen LogP contribution in [0, 0.1) is 0 Å². The van der Waals surface area contributed by atoms with E-state index in [1.54, 1.807) is 32.5 Å². The molecule has 1 N–H and O–H groups in total. The minimum Gasteiger partial charge on any atom is -0.493 e. The highest BCUT2D eigenvalue weighted by molar-refractivity contribution is 6.00. The smallest absolute Gasteiger partial charge is 0.227 e. The Bertz CT molecular complexity index is 1180. The highest BCUT2D eigenvalue weighted by atomic mass is 16.5. The van der Waals surface area contributed by atoms with E-state index in [9.17, 15) is 4.79 Å². The second-order valence-electron chi connectivity index (χ2n) is 6.51. The number of anilines is 1. The van der Waals surface area contributed by atoms with Crippen LogP contribution in [0.15, 0.2) is 59.3 Å². The molecule has 152 valence electrons. The average molecular weight is 404 g/mol. The summed E-state index contributed by atoms with van der Waals surface area (Å²) in [5.41, 5.74) is 2.28. The van der Waals surface area contributed by atoms with Crippen LogP contribution < -0.4 is 14.8 Å². The molecule has 8 heteroatoms. The molecule has 0 aliphatic heterocycles. The highest BCUT2D eigenvalue weighted by Crippen LogP contribution is 2.31. The Morgan fingerprint density at radius 2 is 1.93 bits per heavy atom. The van der Waals surface area contributed by atoms with Gasteiger partial charge in [0, 0.05) is 30.0 Å². The number of fused-ring (bicyclic) bond motifs is 1. The molecule has 0 atom stereocenters. The van der Waals surface area contributed by atoms with Gasteiger partial charge in [0.1, 0.15) is 0 Å². The molecular weight excluding hydrogens is 384 g/mol. The predicted molar refractivity (Wildman–Crippen MR) is 112 cm³/mol. The van der Waals surface area contributed by atoms with Gasteiger partial charge in [0.15, 0.2) is 11.5 Å². The third-order valence-electron chi connectivity index (χ3n) is 4.60. The molecule has 0 fully saturated rings. The third-order valence-corrected chi connectivity index (χ3v) is 4.60. The first-order valence-corrected chi connectivity index (χ1v) is 9.36. The van der Waals surface area contributed by atoms with E-state index in [2.05, 4.69) is 20.4 Å². The van der Waals surface area contributed by atoms with Crippen molar-refractivity contribution in [2.75, 3.05) is 19.5 Å². The van der Waals surface area contributed by atoms with E-state index in [1.807, 2.05) is 36.4 Å². The standard InChI is InChI=1S/C22H20N4O4/c1-28-18-9-8-14(13-19(18)29-2)22-25-21(30-26-22)11-10-20(27)24-17-7-3-6-16-15(17)5-4-12-23-16/h3-9,12-13H,10-11H2,1-2H3,(H,24,27). The van der Waals surface area contributed by atoms with Gasteiger partial charge in [-0.05, 0) is 42.5 Å². The summed E-state index contributed by atoms with van der Waals surface area (Å²) in [6.07, 6.45) is 2.26. The number of rotatable bonds is 7. The Morgan fingerprint density at radius 1 is 1.07 bits per heavy atom. The zero-order valence-electron chi connectivity index (χ0n) is 16.6. The van der Waals surface area contributed by atoms with Crippen LogP contribution in [0.1, 0.15) is 12.3 Å². The summed E-state index contributed by atoms with van der Waals surface area (Å²) < 4.78 is 15.8. The van der Waals surface area contributed by atoms with E-state index in [0.29, 0.717) is 29.6 Å². The maximum atomic E-state index is 12.4. The lowest BCUT2D eigenvalue weighted by atomic mass is 10.1. The fourth-order valence-electron chi connectivity index (χ4n) is 3.09. The Labute approximate surface area is 172 Å². The minimum atomic E-state index is -0.141. The van der Waals surface area contributed by atoms with Crippen molar-refractivity contribution in [2.45, 2.75) is 12.8 Å². The largest absolute Gasteiger partial charge is 0.493 e. The molecule has 30 heavy (non-hydrogen) atoms. The van der Waals surface area contributed by atoms with Crippen molar-refractivity contribution in [1.29, 1.82) is 0 Å². The molecule has 0 bridgehead atoms. The molecule has 0 aliphatic carbocycles. The van der Waals surface area contributed by atoms with Gasteiger partial charge >= 0.3 is 0 Å². The summed E-state index contributed by atoms with van der Waals surface area (Å²) in [5, 5.41) is 7.81. The monoisotopic (exact) mass is 404 g/mol. The first-order valence-electron chi connectivity index (χ1n) is 9.36. The van der Waals surface area contributed by atoms with E-state index in [4.69, 9.17) is 14.0 Å². The number of methoxy groups -OCH3 is 2. The van der Waals surface area contributed by atoms with E-state index < -0.39 is 0 Å². The Hall–Kier alpha value is -3.94. The second-order valence-corrected chi connectivity index (χ2v) is 6.51. The molecule has 0 spiro atoms. The molecule has 8 nitrogen and oxygen atoms in total. The Balaban J connectivity index is 1.41. The molecule has 2 heterocycles. The number of nitrogens with one attached hydrogen (secondary N) is 1. The number of hydrogen-bond acceptors (Lipinski definition) is 7. The van der Waals surface area contributed by atoms with Crippen molar-refractivity contribution in [3.63, 3.8) is 0 Å². The first kappa shape index (κ1) is 19.4. The van der Waals surface area contributed by atoms with E-state index in [0.717, 1.165) is 22.2 Å². The molecule has 2 aromatic heterocycles. The van der Waals surface area contributed by atoms with Crippen LogP contribution in [0.3, 0.4) is 0 Å². The van der Waals surface area contributed by atoms with Gasteiger partial charge < -0.3 is 19.3 Å². The SMILES string of the molecule is COc1ccc(-c2noc(CCC(=O)Nc3cccc4ncccc34)n2)cc1OC. The molecule has 1 amide bonds. The number of aryl methyl sites for hydroxylation is 1. The van der Waals surface area contributed by atoms with Crippen LogP contribution >= 0.6 is 0 Å². The topological polar surface area (TPSA) is 99.4 Å². The summed E-state index contributed by atoms with van der Waals surface area (Å²) in [6, 6.07) is 14.7. The lowest BCUT2D eigenvalue weighted by Gasteiger charge is -2.07. The summed E-state index contributed by atoms with van der Waals surface area (Å²) in [4.78, 5) is 21.1. The molecule has 0 unspecified atom stereocenters. The van der Waals surface area contributed by atoms with Crippen molar-refractivity contribution < 1.29 is 18.8 Å². The maximum absolute atomic E-state index is 12.4. The van der Waals surface area contributed by atoms with Gasteiger partial charge in [0.05, 0.1) is 25.4 Å². The van der Waals surface area contributed by atoms with E-state index in [1.165, 1.54) is 0 Å². The highest BCUT2D eigenvalue weighted by Gasteiger charge is 2.14. The number of carbonyl (C=O) groups is 1. The lowest BCUT2D eigenvalue weighted by Crippen LogP contribution is -2.12. The molecule has 0 aliphatic rings. The van der Waals surface area contributed by atoms with Crippen molar-refractivity contribution in [2.24, 2.45) is 0 Å². The van der Waals surface area contributed by atoms with Gasteiger partial charge in [-0.25, -0.2) is 0 Å². The van der Waals surface area contributed by atoms with E-state index in [-0.39, 0.29) is 12.3 Å². The third kappa shape index (κ3) is 4.07. The number of carbonyl (C=O) groups excluding carboxylic acids is 1. The zero-order chi connectivity index (χ0) is 20.9. The fourth-order valence-corrected chi connectivity index (χ4v) is 3.09. The van der Waals surface area contributed by atoms with Crippen LogP contribution in [-0.2, 0) is 11.2 Å². The van der Waals surface area contributed by atoms with Crippen molar-refractivity contribution in [1.82, 2.24) is 15.1 Å². The van der Waals surface area contributed by atoms with Crippen LogP contribution in [0.5, 0.6) is 11.5 Å². The van der Waals surface area contributed by atoms with Gasteiger partial charge in [0.25, 0.3) is 0 Å². The maximum Gasteiger partial charge on any atom is 0.227 e. The van der Waals surface area contributed by atoms with Gasteiger partial charge in [-0.15, -0.1) is 0 Å². The molecule has 0 saturated carbocycles. The van der Waals surface area contributed by atoms with E-state index >= 15 is 0 Å². The molecule has 0 radical (unpaired) electrons. The average Bonchev–Trinajstić information content (AvgIpc) is 3.26. The quantitative estimate of drug-likeness (QED) is 0.499. The lowest BCUT2D eigenvalue weighted by molar-refractivity contribution is -0.116. The number of benzene rings is 2. The summed E-state index contributed by atoms with van der Waals surface area (Å²) in [7, 11) is 3.14.